The van der Waals surface area contributed by atoms with Gasteiger partial charge in [0, 0.05) is 9.86 Å². The molecule has 4 aromatic carbocycles. The first-order valence-electron chi connectivity index (χ1n) is 6.75. The van der Waals surface area contributed by atoms with Crippen molar-refractivity contribution in [1.82, 2.24) is 0 Å². The molecule has 0 saturated carbocycles. The monoisotopic (exact) mass is 320 g/mol. The number of hydrogen-bond acceptors (Lipinski definition) is 0. The van der Waals surface area contributed by atoms with Gasteiger partial charge in [0.1, 0.15) is 0 Å². The lowest BCUT2D eigenvalue weighted by molar-refractivity contribution is 1.53. The molecule has 0 saturated heterocycles. The van der Waals surface area contributed by atoms with Gasteiger partial charge in [0.15, 0.2) is 0 Å². The molecular weight excluding hydrogens is 308 g/mol. The molecule has 4 aromatic rings. The van der Waals surface area contributed by atoms with E-state index in [0.717, 1.165) is 0 Å². The summed E-state index contributed by atoms with van der Waals surface area (Å²) in [5, 5.41) is 7.89. The Labute approximate surface area is 126 Å². The number of benzene rings is 4. The molecule has 0 N–H and O–H groups in total. The fraction of sp³-hybridized carbons (Fsp3) is 0.0526. The number of aryl methyl sites for hydroxylation is 1. The largest absolute Gasteiger partial charge is 0.0616 e. The quantitative estimate of drug-likeness (QED) is 0.337. The number of rotatable bonds is 0. The van der Waals surface area contributed by atoms with Crippen LogP contribution in [0.5, 0.6) is 0 Å². The maximum atomic E-state index is 3.74. The molecule has 0 nitrogen and oxygen atoms in total. The highest BCUT2D eigenvalue weighted by Crippen LogP contribution is 2.37. The minimum atomic E-state index is 1.17. The molecule has 0 bridgehead atoms. The first-order valence-corrected chi connectivity index (χ1v) is 7.54. The van der Waals surface area contributed by atoms with Crippen LogP contribution in [0.4, 0.5) is 0 Å². The number of hydrogen-bond donors (Lipinski definition) is 0. The Balaban J connectivity index is 2.40. The topological polar surface area (TPSA) is 0 Å². The lowest BCUT2D eigenvalue weighted by Gasteiger charge is -2.11. The van der Waals surface area contributed by atoms with Gasteiger partial charge in [0.25, 0.3) is 0 Å². The van der Waals surface area contributed by atoms with Crippen molar-refractivity contribution >= 4 is 48.2 Å². The van der Waals surface area contributed by atoms with Crippen LogP contribution in [0, 0.1) is 6.92 Å². The highest BCUT2D eigenvalue weighted by molar-refractivity contribution is 9.10. The standard InChI is InChI=1S/C19H13Br/c1-12-6-11-17(20)19-15(12)10-9-14-8-7-13-4-2-3-5-16(13)18(14)19/h2-11H,1H3. The first kappa shape index (κ1) is 11.9. The van der Waals surface area contributed by atoms with Crippen LogP contribution in [-0.2, 0) is 0 Å². The Kier molecular flexibility index (Phi) is 2.58. The Bertz CT molecular complexity index is 967. The maximum Gasteiger partial charge on any atom is 0.0260 e. The van der Waals surface area contributed by atoms with Crippen LogP contribution in [-0.4, -0.2) is 0 Å². The van der Waals surface area contributed by atoms with Crippen molar-refractivity contribution < 1.29 is 0 Å². The fourth-order valence-electron chi connectivity index (χ4n) is 3.05. The van der Waals surface area contributed by atoms with E-state index in [0.29, 0.717) is 0 Å². The second-order valence-corrected chi connectivity index (χ2v) is 6.09. The van der Waals surface area contributed by atoms with Crippen molar-refractivity contribution in [3.8, 4) is 0 Å². The minimum Gasteiger partial charge on any atom is -0.0616 e. The molecule has 4 rings (SSSR count). The van der Waals surface area contributed by atoms with Crippen LogP contribution in [0.1, 0.15) is 5.56 Å². The molecule has 0 spiro atoms. The molecule has 0 heterocycles. The van der Waals surface area contributed by atoms with Crippen molar-refractivity contribution in [3.63, 3.8) is 0 Å². The Morgan fingerprint density at radius 1 is 0.650 bits per heavy atom. The normalized spacial score (nSPS) is 11.5. The van der Waals surface area contributed by atoms with Crippen LogP contribution in [0.15, 0.2) is 65.1 Å². The van der Waals surface area contributed by atoms with Gasteiger partial charge in [-0.05, 0) is 45.5 Å². The molecule has 0 aliphatic heterocycles. The molecule has 0 amide bonds. The van der Waals surface area contributed by atoms with Gasteiger partial charge in [-0.15, -0.1) is 0 Å². The average molecular weight is 321 g/mol. The Hall–Kier alpha value is -1.86. The minimum absolute atomic E-state index is 1.17. The van der Waals surface area contributed by atoms with E-state index in [1.54, 1.807) is 0 Å². The summed E-state index contributed by atoms with van der Waals surface area (Å²) in [6.07, 6.45) is 0. The van der Waals surface area contributed by atoms with Crippen LogP contribution < -0.4 is 0 Å². The molecule has 0 unspecified atom stereocenters. The van der Waals surface area contributed by atoms with Gasteiger partial charge >= 0.3 is 0 Å². The van der Waals surface area contributed by atoms with Gasteiger partial charge in [-0.3, -0.25) is 0 Å². The third-order valence-electron chi connectivity index (χ3n) is 4.05. The Morgan fingerprint density at radius 2 is 1.40 bits per heavy atom. The van der Waals surface area contributed by atoms with E-state index in [2.05, 4.69) is 83.5 Å². The maximum absolute atomic E-state index is 3.74. The van der Waals surface area contributed by atoms with Gasteiger partial charge in [-0.2, -0.15) is 0 Å². The van der Waals surface area contributed by atoms with E-state index < -0.39 is 0 Å². The van der Waals surface area contributed by atoms with Gasteiger partial charge in [0.05, 0.1) is 0 Å². The molecule has 0 aliphatic carbocycles. The van der Waals surface area contributed by atoms with Crippen LogP contribution in [0.3, 0.4) is 0 Å². The summed E-state index contributed by atoms with van der Waals surface area (Å²) in [5.74, 6) is 0. The summed E-state index contributed by atoms with van der Waals surface area (Å²) in [7, 11) is 0. The molecular formula is C19H13Br. The van der Waals surface area contributed by atoms with Gasteiger partial charge in [-0.1, -0.05) is 70.5 Å². The van der Waals surface area contributed by atoms with Crippen molar-refractivity contribution in [2.24, 2.45) is 0 Å². The molecule has 0 radical (unpaired) electrons. The molecule has 0 fully saturated rings. The summed E-state index contributed by atoms with van der Waals surface area (Å²) < 4.78 is 1.17. The van der Waals surface area contributed by atoms with Gasteiger partial charge in [0.2, 0.25) is 0 Å². The highest BCUT2D eigenvalue weighted by atomic mass is 79.9. The molecule has 0 aliphatic rings. The molecule has 1 heteroatoms. The Morgan fingerprint density at radius 3 is 2.30 bits per heavy atom. The number of fused-ring (bicyclic) bond motifs is 5. The second-order valence-electron chi connectivity index (χ2n) is 5.24. The van der Waals surface area contributed by atoms with Crippen molar-refractivity contribution in [2.75, 3.05) is 0 Å². The van der Waals surface area contributed by atoms with Crippen molar-refractivity contribution in [3.05, 3.63) is 70.7 Å². The molecule has 96 valence electrons. The lowest BCUT2D eigenvalue weighted by atomic mass is 9.95. The molecule has 20 heavy (non-hydrogen) atoms. The second kappa shape index (κ2) is 4.32. The predicted octanol–water partition coefficient (Wildman–Crippen LogP) is 6.22. The smallest absolute Gasteiger partial charge is 0.0260 e. The van der Waals surface area contributed by atoms with E-state index in [9.17, 15) is 0 Å². The van der Waals surface area contributed by atoms with Crippen molar-refractivity contribution in [2.45, 2.75) is 6.92 Å². The van der Waals surface area contributed by atoms with Crippen LogP contribution in [0.25, 0.3) is 32.3 Å². The number of halogens is 1. The lowest BCUT2D eigenvalue weighted by Crippen LogP contribution is -1.84. The fourth-order valence-corrected chi connectivity index (χ4v) is 3.59. The van der Waals surface area contributed by atoms with Gasteiger partial charge in [-0.25, -0.2) is 0 Å². The van der Waals surface area contributed by atoms with E-state index in [1.807, 2.05) is 0 Å². The zero-order valence-electron chi connectivity index (χ0n) is 11.2. The predicted molar refractivity (Wildman–Crippen MR) is 91.4 cm³/mol. The summed E-state index contributed by atoms with van der Waals surface area (Å²) in [6, 6.07) is 21.8. The summed E-state index contributed by atoms with van der Waals surface area (Å²) >= 11 is 3.74. The van der Waals surface area contributed by atoms with E-state index in [1.165, 1.54) is 42.4 Å². The van der Waals surface area contributed by atoms with Crippen LogP contribution >= 0.6 is 15.9 Å². The van der Waals surface area contributed by atoms with Crippen molar-refractivity contribution in [1.29, 1.82) is 0 Å². The third kappa shape index (κ3) is 1.60. The summed E-state index contributed by atoms with van der Waals surface area (Å²) in [5.41, 5.74) is 1.32. The van der Waals surface area contributed by atoms with Crippen LogP contribution in [0.2, 0.25) is 0 Å². The van der Waals surface area contributed by atoms with E-state index in [4.69, 9.17) is 0 Å². The molecule has 0 atom stereocenters. The summed E-state index contributed by atoms with van der Waals surface area (Å²) in [6.45, 7) is 2.17. The zero-order chi connectivity index (χ0) is 13.7. The van der Waals surface area contributed by atoms with E-state index in [-0.39, 0.29) is 0 Å². The first-order chi connectivity index (χ1) is 9.75. The zero-order valence-corrected chi connectivity index (χ0v) is 12.7. The molecule has 0 aromatic heterocycles. The summed E-state index contributed by atoms with van der Waals surface area (Å²) in [4.78, 5) is 0. The van der Waals surface area contributed by atoms with E-state index >= 15 is 0 Å². The SMILES string of the molecule is Cc1ccc(Br)c2c1ccc1ccc3ccccc3c12. The highest BCUT2D eigenvalue weighted by Gasteiger charge is 2.09. The average Bonchev–Trinajstić information content (AvgIpc) is 2.50. The third-order valence-corrected chi connectivity index (χ3v) is 4.71. The van der Waals surface area contributed by atoms with Gasteiger partial charge < -0.3 is 0 Å².